The van der Waals surface area contributed by atoms with E-state index in [-0.39, 0.29) is 6.10 Å². The van der Waals surface area contributed by atoms with Crippen LogP contribution in [0.2, 0.25) is 0 Å². The van der Waals surface area contributed by atoms with Gasteiger partial charge in [0.25, 0.3) is 0 Å². The van der Waals surface area contributed by atoms with Crippen molar-refractivity contribution in [2.75, 3.05) is 32.8 Å². The molecule has 16 heavy (non-hydrogen) atoms. The predicted octanol–water partition coefficient (Wildman–Crippen LogP) is 2.42. The molecule has 0 aromatic rings. The van der Waals surface area contributed by atoms with Crippen molar-refractivity contribution < 1.29 is 18.8 Å². The number of cyclic esters (lactones) is 2. The van der Waals surface area contributed by atoms with Crippen molar-refractivity contribution in [3.05, 3.63) is 0 Å². The topological polar surface area (TPSA) is 35.5 Å². The van der Waals surface area contributed by atoms with Gasteiger partial charge in [0.1, 0.15) is 12.7 Å². The summed E-state index contributed by atoms with van der Waals surface area (Å²) in [6, 6.07) is 0. The second-order valence-electron chi connectivity index (χ2n) is 4.10. The predicted molar refractivity (Wildman–Crippen MR) is 64.3 cm³/mol. The Kier molecular flexibility index (Phi) is 7.13. The summed E-state index contributed by atoms with van der Waals surface area (Å²) < 4.78 is 10.2. The first-order valence-electron chi connectivity index (χ1n) is 6.22. The number of quaternary nitrogens is 1. The maximum Gasteiger partial charge on any atom is 0.508 e. The van der Waals surface area contributed by atoms with Crippen LogP contribution in [-0.4, -0.2) is 49.5 Å². The minimum atomic E-state index is -0.549. The fourth-order valence-corrected chi connectivity index (χ4v) is 1.76. The van der Waals surface area contributed by atoms with Crippen LogP contribution in [0.25, 0.3) is 0 Å². The lowest BCUT2D eigenvalue weighted by Gasteiger charge is -2.34. The van der Waals surface area contributed by atoms with Crippen LogP contribution in [0.3, 0.4) is 0 Å². The molecular weight excluding hydrogens is 206 g/mol. The highest BCUT2D eigenvalue weighted by Gasteiger charge is 2.19. The average molecular weight is 232 g/mol. The quantitative estimate of drug-likeness (QED) is 0.551. The van der Waals surface area contributed by atoms with Crippen LogP contribution in [0.15, 0.2) is 0 Å². The number of rotatable bonds is 4. The second kappa shape index (κ2) is 7.49. The number of hydrogen-bond donors (Lipinski definition) is 0. The zero-order valence-electron chi connectivity index (χ0n) is 11.3. The summed E-state index contributed by atoms with van der Waals surface area (Å²) in [4.78, 5) is 10.0. The summed E-state index contributed by atoms with van der Waals surface area (Å²) in [6.07, 6.45) is -0.597. The lowest BCUT2D eigenvalue weighted by molar-refractivity contribution is -0.921. The first kappa shape index (κ1) is 15.2. The Morgan fingerprint density at radius 2 is 1.56 bits per heavy atom. The minimum Gasteiger partial charge on any atom is -0.430 e. The molecule has 0 N–H and O–H groups in total. The van der Waals surface area contributed by atoms with Crippen molar-refractivity contribution in [1.82, 2.24) is 0 Å². The molecule has 1 heterocycles. The minimum absolute atomic E-state index is 0.0486. The van der Waals surface area contributed by atoms with Gasteiger partial charge in [0.2, 0.25) is 0 Å². The molecule has 1 unspecified atom stereocenters. The second-order valence-corrected chi connectivity index (χ2v) is 4.10. The molecule has 4 nitrogen and oxygen atoms in total. The van der Waals surface area contributed by atoms with Crippen LogP contribution in [0, 0.1) is 0 Å². The van der Waals surface area contributed by atoms with E-state index in [9.17, 15) is 4.79 Å². The SMILES string of the molecule is CC1COC(=O)O1.CC[N+](CC)(CC)CC. The van der Waals surface area contributed by atoms with Crippen molar-refractivity contribution in [3.8, 4) is 0 Å². The lowest BCUT2D eigenvalue weighted by atomic mass is 10.3. The maximum absolute atomic E-state index is 10.0. The van der Waals surface area contributed by atoms with Gasteiger partial charge >= 0.3 is 6.16 Å². The Balaban J connectivity index is 0.000000288. The molecule has 0 aromatic heterocycles. The number of nitrogens with zero attached hydrogens (tertiary/aromatic N) is 1. The van der Waals surface area contributed by atoms with Gasteiger partial charge in [-0.2, -0.15) is 0 Å². The van der Waals surface area contributed by atoms with Crippen LogP contribution >= 0.6 is 0 Å². The third kappa shape index (κ3) is 4.84. The van der Waals surface area contributed by atoms with Crippen molar-refractivity contribution in [2.24, 2.45) is 0 Å². The number of carbonyl (C=O) groups excluding carboxylic acids is 1. The van der Waals surface area contributed by atoms with Gasteiger partial charge in [-0.15, -0.1) is 0 Å². The zero-order valence-corrected chi connectivity index (χ0v) is 11.3. The molecule has 0 spiro atoms. The van der Waals surface area contributed by atoms with E-state index in [1.165, 1.54) is 30.7 Å². The molecule has 1 saturated heterocycles. The number of ether oxygens (including phenoxy) is 2. The summed E-state index contributed by atoms with van der Waals surface area (Å²) in [5.74, 6) is 0. The summed E-state index contributed by atoms with van der Waals surface area (Å²) in [7, 11) is 0. The van der Waals surface area contributed by atoms with E-state index in [4.69, 9.17) is 0 Å². The first-order chi connectivity index (χ1) is 7.53. The summed E-state index contributed by atoms with van der Waals surface area (Å²) in [5, 5.41) is 0. The smallest absolute Gasteiger partial charge is 0.430 e. The van der Waals surface area contributed by atoms with Crippen LogP contribution in [0.5, 0.6) is 0 Å². The summed E-state index contributed by atoms with van der Waals surface area (Å²) in [6.45, 7) is 16.4. The van der Waals surface area contributed by atoms with Crippen molar-refractivity contribution in [3.63, 3.8) is 0 Å². The molecule has 1 aliphatic rings. The average Bonchev–Trinajstić information content (AvgIpc) is 2.67. The molecule has 0 aromatic carbocycles. The molecule has 0 aliphatic carbocycles. The van der Waals surface area contributed by atoms with E-state index in [0.717, 1.165) is 0 Å². The molecule has 1 fully saturated rings. The van der Waals surface area contributed by atoms with Crippen LogP contribution in [0.4, 0.5) is 4.79 Å². The standard InChI is InChI=1S/C8H20N.C4H6O3/c1-5-9(6-2,7-3)8-4;1-3-2-6-4(5)7-3/h5-8H2,1-4H3;3H,2H2,1H3/q+1;. The van der Waals surface area contributed by atoms with Gasteiger partial charge in [-0.05, 0) is 34.6 Å². The Bertz CT molecular complexity index is 185. The Morgan fingerprint density at radius 1 is 1.12 bits per heavy atom. The van der Waals surface area contributed by atoms with Gasteiger partial charge < -0.3 is 14.0 Å². The van der Waals surface area contributed by atoms with E-state index in [2.05, 4.69) is 37.2 Å². The highest BCUT2D eigenvalue weighted by Crippen LogP contribution is 2.03. The molecule has 4 heteroatoms. The Morgan fingerprint density at radius 3 is 1.62 bits per heavy atom. The summed E-state index contributed by atoms with van der Waals surface area (Å²) in [5.41, 5.74) is 0. The molecule has 1 aliphatic heterocycles. The highest BCUT2D eigenvalue weighted by molar-refractivity contribution is 5.61. The van der Waals surface area contributed by atoms with Crippen LogP contribution in [-0.2, 0) is 9.47 Å². The van der Waals surface area contributed by atoms with Gasteiger partial charge in [0.15, 0.2) is 0 Å². The van der Waals surface area contributed by atoms with Gasteiger partial charge in [-0.25, -0.2) is 4.79 Å². The van der Waals surface area contributed by atoms with Crippen molar-refractivity contribution in [2.45, 2.75) is 40.7 Å². The molecular formula is C12H26NO3+. The van der Waals surface area contributed by atoms with Gasteiger partial charge in [0, 0.05) is 0 Å². The van der Waals surface area contributed by atoms with E-state index < -0.39 is 6.16 Å². The first-order valence-corrected chi connectivity index (χ1v) is 6.22. The van der Waals surface area contributed by atoms with Crippen molar-refractivity contribution in [1.29, 1.82) is 0 Å². The third-order valence-corrected chi connectivity index (χ3v) is 3.42. The molecule has 0 amide bonds. The fourth-order valence-electron chi connectivity index (χ4n) is 1.76. The van der Waals surface area contributed by atoms with E-state index in [1.807, 2.05) is 0 Å². The summed E-state index contributed by atoms with van der Waals surface area (Å²) >= 11 is 0. The van der Waals surface area contributed by atoms with Gasteiger partial charge in [-0.1, -0.05) is 0 Å². The van der Waals surface area contributed by atoms with Gasteiger partial charge in [-0.3, -0.25) is 0 Å². The molecule has 0 bridgehead atoms. The third-order valence-electron chi connectivity index (χ3n) is 3.42. The largest absolute Gasteiger partial charge is 0.508 e. The normalized spacial score (nSPS) is 19.6. The zero-order chi connectivity index (χ0) is 12.6. The lowest BCUT2D eigenvalue weighted by Crippen LogP contribution is -2.47. The van der Waals surface area contributed by atoms with Crippen LogP contribution < -0.4 is 0 Å². The molecule has 96 valence electrons. The van der Waals surface area contributed by atoms with Crippen LogP contribution in [0.1, 0.15) is 34.6 Å². The van der Waals surface area contributed by atoms with Crippen molar-refractivity contribution >= 4 is 6.16 Å². The molecule has 1 rings (SSSR count). The number of hydrogen-bond acceptors (Lipinski definition) is 3. The van der Waals surface area contributed by atoms with E-state index >= 15 is 0 Å². The highest BCUT2D eigenvalue weighted by atomic mass is 16.8. The van der Waals surface area contributed by atoms with E-state index in [0.29, 0.717) is 6.61 Å². The maximum atomic E-state index is 10.0. The molecule has 1 atom stereocenters. The van der Waals surface area contributed by atoms with Gasteiger partial charge in [0.05, 0.1) is 26.2 Å². The Labute approximate surface area is 99.1 Å². The number of carbonyl (C=O) groups is 1. The van der Waals surface area contributed by atoms with E-state index in [1.54, 1.807) is 6.92 Å². The molecule has 0 saturated carbocycles. The Hall–Kier alpha value is -0.770. The fraction of sp³-hybridized carbons (Fsp3) is 0.917. The molecule has 0 radical (unpaired) electrons. The monoisotopic (exact) mass is 232 g/mol.